The third-order valence-corrected chi connectivity index (χ3v) is 6.43. The number of carbonyl (C=O) groups is 2. The average Bonchev–Trinajstić information content (AvgIpc) is 2.94. The first-order valence-electron chi connectivity index (χ1n) is 12.9. The molecule has 1 saturated carbocycles. The lowest BCUT2D eigenvalue weighted by molar-refractivity contribution is -0.271. The minimum Gasteiger partial charge on any atom is -0.457 e. The van der Waals surface area contributed by atoms with Crippen LogP contribution in [0.25, 0.3) is 0 Å². The van der Waals surface area contributed by atoms with Gasteiger partial charge in [-0.3, -0.25) is 9.59 Å². The maximum Gasteiger partial charge on any atom is 0.303 e. The zero-order valence-corrected chi connectivity index (χ0v) is 22.1. The van der Waals surface area contributed by atoms with Crippen LogP contribution in [-0.2, 0) is 53.1 Å². The Morgan fingerprint density at radius 2 is 0.821 bits per heavy atom. The Kier molecular flexibility index (Phi) is 10.2. The molecular formula is C31H34O8. The van der Waals surface area contributed by atoms with E-state index in [1.165, 1.54) is 13.8 Å². The molecule has 8 heteroatoms. The van der Waals surface area contributed by atoms with Gasteiger partial charge in [0.1, 0.15) is 24.4 Å². The first-order valence-corrected chi connectivity index (χ1v) is 12.9. The van der Waals surface area contributed by atoms with Crippen LogP contribution in [0.15, 0.2) is 91.0 Å². The van der Waals surface area contributed by atoms with E-state index in [9.17, 15) is 14.7 Å². The smallest absolute Gasteiger partial charge is 0.303 e. The fraction of sp³-hybridized carbons (Fsp3) is 0.355. The highest BCUT2D eigenvalue weighted by molar-refractivity contribution is 5.67. The standard InChI is InChI=1S/C31H34O8/c1-21(32)38-27-26(34)28(39-22(2)33)30(36-19-24-14-8-4-9-15-24)31(37-20-25-16-10-5-11-17-25)29(27)35-18-23-12-6-3-7-13-23/h3-17,26-31,34H,18-20H2,1-2H3/t26?,27-,28-,29-,30+,31?/m1/s1. The fourth-order valence-corrected chi connectivity index (χ4v) is 4.66. The molecule has 0 bridgehead atoms. The molecule has 2 unspecified atom stereocenters. The maximum absolute atomic E-state index is 12.1. The molecule has 3 aromatic rings. The van der Waals surface area contributed by atoms with Crippen LogP contribution in [0.3, 0.4) is 0 Å². The van der Waals surface area contributed by atoms with Crippen molar-refractivity contribution in [3.63, 3.8) is 0 Å². The second kappa shape index (κ2) is 14.0. The fourth-order valence-electron chi connectivity index (χ4n) is 4.66. The monoisotopic (exact) mass is 534 g/mol. The normalized spacial score (nSPS) is 24.6. The summed E-state index contributed by atoms with van der Waals surface area (Å²) in [5.74, 6) is -1.22. The van der Waals surface area contributed by atoms with Crippen molar-refractivity contribution in [1.29, 1.82) is 0 Å². The van der Waals surface area contributed by atoms with Crippen LogP contribution in [0, 0.1) is 0 Å². The molecule has 0 saturated heterocycles. The molecule has 6 atom stereocenters. The Bertz CT molecular complexity index is 1100. The van der Waals surface area contributed by atoms with E-state index in [1.54, 1.807) is 0 Å². The van der Waals surface area contributed by atoms with Gasteiger partial charge in [-0.25, -0.2) is 0 Å². The third kappa shape index (κ3) is 7.97. The molecule has 0 aromatic heterocycles. The Balaban J connectivity index is 1.69. The summed E-state index contributed by atoms with van der Waals surface area (Å²) in [6, 6.07) is 28.6. The van der Waals surface area contributed by atoms with Gasteiger partial charge in [0.05, 0.1) is 19.8 Å². The van der Waals surface area contributed by atoms with Crippen LogP contribution in [0.4, 0.5) is 0 Å². The third-order valence-electron chi connectivity index (χ3n) is 6.43. The van der Waals surface area contributed by atoms with Crippen LogP contribution >= 0.6 is 0 Å². The summed E-state index contributed by atoms with van der Waals surface area (Å²) in [6.07, 6.45) is -6.49. The maximum atomic E-state index is 12.1. The molecule has 0 heterocycles. The van der Waals surface area contributed by atoms with Gasteiger partial charge in [-0.15, -0.1) is 0 Å². The van der Waals surface area contributed by atoms with Gasteiger partial charge in [-0.1, -0.05) is 91.0 Å². The zero-order valence-electron chi connectivity index (χ0n) is 22.1. The largest absolute Gasteiger partial charge is 0.457 e. The van der Waals surface area contributed by atoms with Crippen molar-refractivity contribution in [2.24, 2.45) is 0 Å². The van der Waals surface area contributed by atoms with Crippen LogP contribution in [0.5, 0.6) is 0 Å². The van der Waals surface area contributed by atoms with Crippen molar-refractivity contribution in [3.05, 3.63) is 108 Å². The van der Waals surface area contributed by atoms with Crippen molar-refractivity contribution >= 4 is 11.9 Å². The molecule has 4 rings (SSSR count). The Morgan fingerprint density at radius 3 is 1.10 bits per heavy atom. The summed E-state index contributed by atoms with van der Waals surface area (Å²) < 4.78 is 30.2. The molecule has 8 nitrogen and oxygen atoms in total. The van der Waals surface area contributed by atoms with E-state index in [1.807, 2.05) is 91.0 Å². The SMILES string of the molecule is CC(=O)O[C@@H]1C(O)[C@@H](OC(C)=O)[C@@H](OCc2ccccc2)C(OCc2ccccc2)[C@H]1OCc1ccccc1. The predicted molar refractivity (Wildman–Crippen MR) is 142 cm³/mol. The number of aliphatic hydroxyl groups is 1. The molecule has 206 valence electrons. The molecule has 1 N–H and O–H groups in total. The summed E-state index contributed by atoms with van der Waals surface area (Å²) >= 11 is 0. The molecule has 1 aliphatic carbocycles. The van der Waals surface area contributed by atoms with Crippen LogP contribution in [0.1, 0.15) is 30.5 Å². The van der Waals surface area contributed by atoms with Gasteiger partial charge in [0.15, 0.2) is 12.2 Å². The van der Waals surface area contributed by atoms with E-state index < -0.39 is 48.6 Å². The van der Waals surface area contributed by atoms with Crippen LogP contribution in [-0.4, -0.2) is 53.7 Å². The summed E-state index contributed by atoms with van der Waals surface area (Å²) in [4.78, 5) is 24.2. The number of esters is 2. The Hall–Kier alpha value is -3.56. The molecule has 0 aliphatic heterocycles. The highest BCUT2D eigenvalue weighted by Crippen LogP contribution is 2.34. The van der Waals surface area contributed by atoms with E-state index in [2.05, 4.69) is 0 Å². The molecule has 0 spiro atoms. The molecule has 1 fully saturated rings. The minimum absolute atomic E-state index is 0.171. The van der Waals surface area contributed by atoms with Crippen molar-refractivity contribution in [1.82, 2.24) is 0 Å². The number of ether oxygens (including phenoxy) is 5. The van der Waals surface area contributed by atoms with Gasteiger partial charge < -0.3 is 28.8 Å². The second-order valence-corrected chi connectivity index (χ2v) is 9.42. The number of aliphatic hydroxyl groups excluding tert-OH is 1. The number of hydrogen-bond donors (Lipinski definition) is 1. The zero-order chi connectivity index (χ0) is 27.6. The minimum atomic E-state index is -1.42. The van der Waals surface area contributed by atoms with Gasteiger partial charge in [-0.2, -0.15) is 0 Å². The molecule has 0 amide bonds. The molecule has 0 radical (unpaired) electrons. The van der Waals surface area contributed by atoms with E-state index in [0.29, 0.717) is 0 Å². The topological polar surface area (TPSA) is 101 Å². The molecular weight excluding hydrogens is 500 g/mol. The predicted octanol–water partition coefficient (Wildman–Crippen LogP) is 3.98. The number of rotatable bonds is 11. The second-order valence-electron chi connectivity index (χ2n) is 9.42. The summed E-state index contributed by atoms with van der Waals surface area (Å²) in [7, 11) is 0. The van der Waals surface area contributed by atoms with E-state index in [-0.39, 0.29) is 19.8 Å². The Morgan fingerprint density at radius 1 is 0.538 bits per heavy atom. The van der Waals surface area contributed by atoms with Gasteiger partial charge in [0, 0.05) is 13.8 Å². The summed E-state index contributed by atoms with van der Waals surface area (Å²) in [5, 5.41) is 11.4. The van der Waals surface area contributed by atoms with Crippen molar-refractivity contribution in [2.45, 2.75) is 70.3 Å². The first-order chi connectivity index (χ1) is 18.9. The lowest BCUT2D eigenvalue weighted by Gasteiger charge is -2.47. The summed E-state index contributed by atoms with van der Waals surface area (Å²) in [5.41, 5.74) is 2.68. The quantitative estimate of drug-likeness (QED) is 0.369. The average molecular weight is 535 g/mol. The van der Waals surface area contributed by atoms with E-state index >= 15 is 0 Å². The van der Waals surface area contributed by atoms with Crippen LogP contribution < -0.4 is 0 Å². The molecule has 39 heavy (non-hydrogen) atoms. The number of hydrogen-bond acceptors (Lipinski definition) is 8. The highest BCUT2D eigenvalue weighted by Gasteiger charge is 2.55. The van der Waals surface area contributed by atoms with Crippen molar-refractivity contribution in [2.75, 3.05) is 0 Å². The summed E-state index contributed by atoms with van der Waals surface area (Å²) in [6.45, 7) is 3.03. The van der Waals surface area contributed by atoms with Crippen molar-refractivity contribution in [3.8, 4) is 0 Å². The van der Waals surface area contributed by atoms with E-state index in [4.69, 9.17) is 23.7 Å². The Labute approximate surface area is 228 Å². The van der Waals surface area contributed by atoms with E-state index in [0.717, 1.165) is 16.7 Å². The number of carbonyl (C=O) groups excluding carboxylic acids is 2. The van der Waals surface area contributed by atoms with Gasteiger partial charge in [0.2, 0.25) is 0 Å². The lowest BCUT2D eigenvalue weighted by atomic mass is 9.83. The first kappa shape index (κ1) is 28.4. The lowest BCUT2D eigenvalue weighted by Crippen LogP contribution is -2.67. The van der Waals surface area contributed by atoms with Gasteiger partial charge >= 0.3 is 11.9 Å². The van der Waals surface area contributed by atoms with Crippen LogP contribution in [0.2, 0.25) is 0 Å². The highest BCUT2D eigenvalue weighted by atomic mass is 16.6. The molecule has 3 aromatic carbocycles. The van der Waals surface area contributed by atoms with Crippen molar-refractivity contribution < 1.29 is 38.4 Å². The molecule has 1 aliphatic rings. The number of benzene rings is 3. The van der Waals surface area contributed by atoms with Gasteiger partial charge in [-0.05, 0) is 16.7 Å². The van der Waals surface area contributed by atoms with Gasteiger partial charge in [0.25, 0.3) is 0 Å².